The summed E-state index contributed by atoms with van der Waals surface area (Å²) in [6.45, 7) is 1.83. The SMILES string of the molecule is O=C(C1CCOCC1)N1CC(=O)N2[C@@H](CO)[C@@H](c3ccc(Br)cc3)[C@@H]2C1. The molecule has 3 fully saturated rings. The first-order chi connectivity index (χ1) is 12.6. The third-order valence-electron chi connectivity index (χ3n) is 5.89. The number of hydrogen-bond donors (Lipinski definition) is 1. The molecule has 0 saturated carbocycles. The van der Waals surface area contributed by atoms with Crippen LogP contribution in [0.25, 0.3) is 0 Å². The number of aliphatic hydroxyl groups is 1. The van der Waals surface area contributed by atoms with Gasteiger partial charge in [-0.3, -0.25) is 9.59 Å². The van der Waals surface area contributed by atoms with Crippen molar-refractivity contribution >= 4 is 27.7 Å². The predicted molar refractivity (Wildman–Crippen MR) is 98.5 cm³/mol. The highest BCUT2D eigenvalue weighted by molar-refractivity contribution is 9.10. The zero-order valence-electron chi connectivity index (χ0n) is 14.5. The fraction of sp³-hybridized carbons (Fsp3) is 0.579. The standard InChI is InChI=1S/C19H23BrN2O4/c20-14-3-1-12(2-4-14)18-15-9-21(10-17(24)22(15)16(18)11-23)19(25)13-5-7-26-8-6-13/h1-4,13,15-16,18,23H,5-11H2/t15-,16-,18-/m0/s1. The van der Waals surface area contributed by atoms with Crippen LogP contribution in [0.2, 0.25) is 0 Å². The molecule has 3 saturated heterocycles. The molecule has 0 bridgehead atoms. The molecule has 3 aliphatic heterocycles. The first-order valence-electron chi connectivity index (χ1n) is 9.14. The van der Waals surface area contributed by atoms with E-state index >= 15 is 0 Å². The lowest BCUT2D eigenvalue weighted by Gasteiger charge is -2.59. The lowest BCUT2D eigenvalue weighted by molar-refractivity contribution is -0.169. The second-order valence-electron chi connectivity index (χ2n) is 7.30. The zero-order valence-corrected chi connectivity index (χ0v) is 16.1. The van der Waals surface area contributed by atoms with Crippen molar-refractivity contribution in [2.45, 2.75) is 30.8 Å². The number of hydrogen-bond acceptors (Lipinski definition) is 4. The summed E-state index contributed by atoms with van der Waals surface area (Å²) in [5.41, 5.74) is 1.10. The number of benzene rings is 1. The van der Waals surface area contributed by atoms with Crippen LogP contribution in [0.1, 0.15) is 24.3 Å². The van der Waals surface area contributed by atoms with Gasteiger partial charge in [-0.2, -0.15) is 0 Å². The molecule has 3 heterocycles. The normalized spacial score (nSPS) is 29.3. The minimum atomic E-state index is -0.200. The smallest absolute Gasteiger partial charge is 0.242 e. The van der Waals surface area contributed by atoms with Gasteiger partial charge in [-0.25, -0.2) is 0 Å². The van der Waals surface area contributed by atoms with E-state index in [1.165, 1.54) is 0 Å². The van der Waals surface area contributed by atoms with E-state index in [1.54, 1.807) is 9.80 Å². The van der Waals surface area contributed by atoms with Crippen LogP contribution in [-0.4, -0.2) is 71.7 Å². The minimum Gasteiger partial charge on any atom is -0.394 e. The molecule has 1 aromatic rings. The van der Waals surface area contributed by atoms with Crippen LogP contribution >= 0.6 is 15.9 Å². The Morgan fingerprint density at radius 2 is 1.92 bits per heavy atom. The Hall–Kier alpha value is -1.44. The summed E-state index contributed by atoms with van der Waals surface area (Å²) >= 11 is 3.44. The molecule has 0 aliphatic carbocycles. The Kier molecular flexibility index (Phi) is 5.03. The number of nitrogens with zero attached hydrogens (tertiary/aromatic N) is 2. The molecule has 0 spiro atoms. The summed E-state index contributed by atoms with van der Waals surface area (Å²) in [5.74, 6) is 0.0302. The van der Waals surface area contributed by atoms with Crippen LogP contribution in [0.5, 0.6) is 0 Å². The highest BCUT2D eigenvalue weighted by atomic mass is 79.9. The Morgan fingerprint density at radius 1 is 1.23 bits per heavy atom. The molecule has 2 amide bonds. The Labute approximate surface area is 161 Å². The third-order valence-corrected chi connectivity index (χ3v) is 6.42. The number of ether oxygens (including phenoxy) is 1. The second kappa shape index (κ2) is 7.29. The zero-order chi connectivity index (χ0) is 18.3. The Morgan fingerprint density at radius 3 is 2.58 bits per heavy atom. The minimum absolute atomic E-state index is 0.0389. The molecule has 26 heavy (non-hydrogen) atoms. The van der Waals surface area contributed by atoms with Crippen molar-refractivity contribution in [2.75, 3.05) is 32.9 Å². The quantitative estimate of drug-likeness (QED) is 0.798. The fourth-order valence-electron chi connectivity index (χ4n) is 4.56. The molecule has 3 aliphatic rings. The molecule has 0 unspecified atom stereocenters. The molecule has 7 heteroatoms. The van der Waals surface area contributed by atoms with Gasteiger partial charge < -0.3 is 19.6 Å². The number of carbonyl (C=O) groups is 2. The highest BCUT2D eigenvalue weighted by Crippen LogP contribution is 2.43. The van der Waals surface area contributed by atoms with Crippen LogP contribution in [0, 0.1) is 5.92 Å². The number of aliphatic hydroxyl groups excluding tert-OH is 1. The van der Waals surface area contributed by atoms with E-state index in [1.807, 2.05) is 24.3 Å². The maximum absolute atomic E-state index is 12.9. The highest BCUT2D eigenvalue weighted by Gasteiger charge is 2.54. The predicted octanol–water partition coefficient (Wildman–Crippen LogP) is 1.37. The number of halogens is 1. The van der Waals surface area contributed by atoms with E-state index in [9.17, 15) is 14.7 Å². The lowest BCUT2D eigenvalue weighted by Crippen LogP contribution is -2.73. The second-order valence-corrected chi connectivity index (χ2v) is 8.22. The van der Waals surface area contributed by atoms with Gasteiger partial charge in [-0.15, -0.1) is 0 Å². The molecule has 4 rings (SSSR count). The van der Waals surface area contributed by atoms with E-state index in [0.29, 0.717) is 19.8 Å². The van der Waals surface area contributed by atoms with E-state index in [0.717, 1.165) is 22.9 Å². The molecule has 1 N–H and O–H groups in total. The van der Waals surface area contributed by atoms with Crippen molar-refractivity contribution < 1.29 is 19.4 Å². The summed E-state index contributed by atoms with van der Waals surface area (Å²) < 4.78 is 6.34. The van der Waals surface area contributed by atoms with Crippen molar-refractivity contribution in [1.29, 1.82) is 0 Å². The average Bonchev–Trinajstić information content (AvgIpc) is 2.65. The van der Waals surface area contributed by atoms with Crippen LogP contribution in [0.3, 0.4) is 0 Å². The number of rotatable bonds is 3. The van der Waals surface area contributed by atoms with Gasteiger partial charge >= 0.3 is 0 Å². The van der Waals surface area contributed by atoms with Crippen molar-refractivity contribution in [3.8, 4) is 0 Å². The topological polar surface area (TPSA) is 70.1 Å². The number of amides is 2. The van der Waals surface area contributed by atoms with E-state index in [2.05, 4.69) is 15.9 Å². The summed E-state index contributed by atoms with van der Waals surface area (Å²) in [5, 5.41) is 9.81. The molecule has 1 aromatic carbocycles. The van der Waals surface area contributed by atoms with Crippen LogP contribution in [0.15, 0.2) is 28.7 Å². The summed E-state index contributed by atoms with van der Waals surface area (Å²) in [7, 11) is 0. The van der Waals surface area contributed by atoms with E-state index in [-0.39, 0.29) is 48.9 Å². The monoisotopic (exact) mass is 422 g/mol. The van der Waals surface area contributed by atoms with E-state index < -0.39 is 0 Å². The van der Waals surface area contributed by atoms with Gasteiger partial charge in [0.2, 0.25) is 11.8 Å². The van der Waals surface area contributed by atoms with Crippen molar-refractivity contribution in [1.82, 2.24) is 9.80 Å². The molecular formula is C19H23BrN2O4. The third kappa shape index (κ3) is 3.06. The van der Waals surface area contributed by atoms with Gasteiger partial charge in [0.05, 0.1) is 25.2 Å². The summed E-state index contributed by atoms with van der Waals surface area (Å²) in [6, 6.07) is 7.74. The number of piperazine rings is 1. The molecule has 140 valence electrons. The van der Waals surface area contributed by atoms with Gasteiger partial charge in [0.1, 0.15) is 0 Å². The first kappa shape index (κ1) is 17.9. The van der Waals surface area contributed by atoms with Gasteiger partial charge in [-0.05, 0) is 30.5 Å². The van der Waals surface area contributed by atoms with Crippen molar-refractivity contribution in [3.63, 3.8) is 0 Å². The van der Waals surface area contributed by atoms with Crippen molar-refractivity contribution in [2.24, 2.45) is 5.92 Å². The molecule has 6 nitrogen and oxygen atoms in total. The maximum atomic E-state index is 12.9. The molecule has 0 radical (unpaired) electrons. The number of fused-ring (bicyclic) bond motifs is 1. The fourth-order valence-corrected chi connectivity index (χ4v) is 4.82. The summed E-state index contributed by atoms with van der Waals surface area (Å²) in [6.07, 6.45) is 1.46. The maximum Gasteiger partial charge on any atom is 0.242 e. The molecule has 3 atom stereocenters. The average molecular weight is 423 g/mol. The molecular weight excluding hydrogens is 400 g/mol. The summed E-state index contributed by atoms with van der Waals surface area (Å²) in [4.78, 5) is 29.0. The molecule has 0 aromatic heterocycles. The van der Waals surface area contributed by atoms with Crippen LogP contribution in [-0.2, 0) is 14.3 Å². The Bertz CT molecular complexity index is 689. The van der Waals surface area contributed by atoms with Gasteiger partial charge in [0, 0.05) is 36.1 Å². The first-order valence-corrected chi connectivity index (χ1v) is 9.93. The Balaban J connectivity index is 1.53. The van der Waals surface area contributed by atoms with Gasteiger partial charge in [0.25, 0.3) is 0 Å². The van der Waals surface area contributed by atoms with Gasteiger partial charge in [0.15, 0.2) is 0 Å². The van der Waals surface area contributed by atoms with Crippen LogP contribution < -0.4 is 0 Å². The van der Waals surface area contributed by atoms with Crippen LogP contribution in [0.4, 0.5) is 0 Å². The van der Waals surface area contributed by atoms with E-state index in [4.69, 9.17) is 4.74 Å². The van der Waals surface area contributed by atoms with Gasteiger partial charge in [-0.1, -0.05) is 28.1 Å². The number of carbonyl (C=O) groups excluding carboxylic acids is 2. The largest absolute Gasteiger partial charge is 0.394 e. The van der Waals surface area contributed by atoms with Crippen molar-refractivity contribution in [3.05, 3.63) is 34.3 Å². The lowest BCUT2D eigenvalue weighted by atomic mass is 9.73.